The molecule has 1 aliphatic heterocycles. The summed E-state index contributed by atoms with van der Waals surface area (Å²) in [6.07, 6.45) is 3.23. The van der Waals surface area contributed by atoms with Gasteiger partial charge in [0, 0.05) is 49.4 Å². The van der Waals surface area contributed by atoms with Crippen LogP contribution < -0.4 is 5.32 Å². The summed E-state index contributed by atoms with van der Waals surface area (Å²) in [5.41, 5.74) is 0.480. The van der Waals surface area contributed by atoms with Gasteiger partial charge in [0.2, 0.25) is 5.13 Å². The fraction of sp³-hybridized carbons (Fsp3) is 0.529. The number of benzene rings is 1. The molecule has 5 nitrogen and oxygen atoms in total. The molecule has 3 rings (SSSR count). The molecule has 0 saturated carbocycles. The molecule has 1 N–H and O–H groups in total. The van der Waals surface area contributed by atoms with Crippen LogP contribution in [0.25, 0.3) is 10.6 Å². The van der Waals surface area contributed by atoms with Crippen LogP contribution in [0.2, 0.25) is 0 Å². The molecule has 2 aromatic rings. The molecule has 1 aliphatic rings. The second-order valence-corrected chi connectivity index (χ2v) is 8.04. The van der Waals surface area contributed by atoms with Crippen LogP contribution in [0.5, 0.6) is 0 Å². The van der Waals surface area contributed by atoms with Gasteiger partial charge in [-0.15, -0.1) is 10.2 Å². The minimum Gasteiger partial charge on any atom is -0.385 e. The van der Waals surface area contributed by atoms with Crippen LogP contribution in [0.3, 0.4) is 0 Å². The molecule has 0 bridgehead atoms. The summed E-state index contributed by atoms with van der Waals surface area (Å²) in [4.78, 5) is 2.47. The number of methoxy groups -OCH3 is 1. The van der Waals surface area contributed by atoms with Crippen LogP contribution in [0, 0.1) is 5.82 Å². The number of ether oxygens (including phenoxy) is 1. The number of piperidine rings is 1. The van der Waals surface area contributed by atoms with Crippen molar-refractivity contribution in [3.63, 3.8) is 0 Å². The first-order chi connectivity index (χ1) is 12.2. The van der Waals surface area contributed by atoms with E-state index < -0.39 is 0 Å². The van der Waals surface area contributed by atoms with Gasteiger partial charge in [-0.25, -0.2) is 4.39 Å². The number of hydrogen-bond donors (Lipinski definition) is 1. The third kappa shape index (κ3) is 5.20. The fourth-order valence-corrected chi connectivity index (χ4v) is 4.16. The minimum absolute atomic E-state index is 0.282. The number of anilines is 1. The Labute approximate surface area is 159 Å². The lowest BCUT2D eigenvalue weighted by molar-refractivity contribution is 0.159. The number of hydrogen-bond acceptors (Lipinski definition) is 6. The molecule has 8 heteroatoms. The summed E-state index contributed by atoms with van der Waals surface area (Å²) in [6, 6.07) is 5.25. The van der Waals surface area contributed by atoms with Crippen molar-refractivity contribution in [2.75, 3.05) is 38.7 Å². The lowest BCUT2D eigenvalue weighted by Crippen LogP contribution is -2.39. The molecule has 0 radical (unpaired) electrons. The zero-order valence-electron chi connectivity index (χ0n) is 14.2. The number of rotatable bonds is 7. The highest BCUT2D eigenvalue weighted by Gasteiger charge is 2.20. The smallest absolute Gasteiger partial charge is 0.206 e. The number of aromatic nitrogens is 2. The van der Waals surface area contributed by atoms with Gasteiger partial charge in [-0.3, -0.25) is 0 Å². The Balaban J connectivity index is 1.53. The largest absolute Gasteiger partial charge is 0.385 e. The van der Waals surface area contributed by atoms with E-state index in [9.17, 15) is 4.39 Å². The summed E-state index contributed by atoms with van der Waals surface area (Å²) in [5, 5.41) is 13.1. The summed E-state index contributed by atoms with van der Waals surface area (Å²) in [6.45, 7) is 4.06. The topological polar surface area (TPSA) is 50.3 Å². The molecule has 136 valence electrons. The second kappa shape index (κ2) is 9.02. The van der Waals surface area contributed by atoms with E-state index >= 15 is 0 Å². The van der Waals surface area contributed by atoms with E-state index in [2.05, 4.69) is 36.3 Å². The molecule has 0 unspecified atom stereocenters. The Morgan fingerprint density at radius 2 is 2.16 bits per heavy atom. The van der Waals surface area contributed by atoms with Crippen LogP contribution in [0.15, 0.2) is 22.7 Å². The van der Waals surface area contributed by atoms with Crippen LogP contribution in [0.4, 0.5) is 9.52 Å². The molecule has 25 heavy (non-hydrogen) atoms. The standard InChI is InChI=1S/C17H22BrFN4OS/c1-24-10-2-7-23-8-5-13(6-9-23)20-17-22-21-16(25-17)14-11-12(18)3-4-15(14)19/h3-4,11,13H,2,5-10H2,1H3,(H,20,22). The first kappa shape index (κ1) is 18.7. The fourth-order valence-electron chi connectivity index (χ4n) is 2.96. The molecule has 0 spiro atoms. The first-order valence-corrected chi connectivity index (χ1v) is 10.0. The number of nitrogens with one attached hydrogen (secondary N) is 1. The van der Waals surface area contributed by atoms with Gasteiger partial charge >= 0.3 is 0 Å². The van der Waals surface area contributed by atoms with Crippen molar-refractivity contribution in [3.8, 4) is 10.6 Å². The second-order valence-electron chi connectivity index (χ2n) is 6.14. The average Bonchev–Trinajstić information content (AvgIpc) is 3.07. The van der Waals surface area contributed by atoms with E-state index in [1.54, 1.807) is 19.2 Å². The maximum atomic E-state index is 14.0. The summed E-state index contributed by atoms with van der Waals surface area (Å²) in [5.74, 6) is -0.282. The molecule has 1 fully saturated rings. The van der Waals surface area contributed by atoms with E-state index in [-0.39, 0.29) is 5.82 Å². The zero-order chi connectivity index (χ0) is 17.6. The van der Waals surface area contributed by atoms with Crippen molar-refractivity contribution in [1.29, 1.82) is 0 Å². The third-order valence-electron chi connectivity index (χ3n) is 4.32. The lowest BCUT2D eigenvalue weighted by Gasteiger charge is -2.32. The zero-order valence-corrected chi connectivity index (χ0v) is 16.6. The highest BCUT2D eigenvalue weighted by molar-refractivity contribution is 9.10. The van der Waals surface area contributed by atoms with Crippen molar-refractivity contribution in [1.82, 2.24) is 15.1 Å². The molecule has 1 aromatic carbocycles. The molecule has 1 saturated heterocycles. The summed E-state index contributed by atoms with van der Waals surface area (Å²) >= 11 is 4.77. The van der Waals surface area contributed by atoms with E-state index in [0.29, 0.717) is 16.6 Å². The molecular weight excluding hydrogens is 407 g/mol. The number of halogens is 2. The maximum absolute atomic E-state index is 14.0. The Morgan fingerprint density at radius 3 is 2.92 bits per heavy atom. The monoisotopic (exact) mass is 428 g/mol. The van der Waals surface area contributed by atoms with Gasteiger partial charge < -0.3 is 15.0 Å². The molecule has 0 aliphatic carbocycles. The Morgan fingerprint density at radius 1 is 1.36 bits per heavy atom. The van der Waals surface area contributed by atoms with Gasteiger partial charge in [0.25, 0.3) is 0 Å². The predicted molar refractivity (Wildman–Crippen MR) is 103 cm³/mol. The highest BCUT2D eigenvalue weighted by atomic mass is 79.9. The summed E-state index contributed by atoms with van der Waals surface area (Å²) in [7, 11) is 1.74. The SMILES string of the molecule is COCCCN1CCC(Nc2nnc(-c3cc(Br)ccc3F)s2)CC1. The van der Waals surface area contributed by atoms with Gasteiger partial charge in [0.15, 0.2) is 5.01 Å². The van der Waals surface area contributed by atoms with Crippen molar-refractivity contribution < 1.29 is 9.13 Å². The van der Waals surface area contributed by atoms with Crippen LogP contribution in [-0.4, -0.2) is 54.5 Å². The van der Waals surface area contributed by atoms with Gasteiger partial charge in [-0.2, -0.15) is 0 Å². The molecule has 0 atom stereocenters. The molecule has 1 aromatic heterocycles. The molecule has 2 heterocycles. The van der Waals surface area contributed by atoms with Gasteiger partial charge in [0.05, 0.1) is 0 Å². The number of likely N-dealkylation sites (tertiary alicyclic amines) is 1. The van der Waals surface area contributed by atoms with E-state index in [4.69, 9.17) is 4.74 Å². The number of nitrogens with zero attached hydrogens (tertiary/aromatic N) is 3. The molecule has 0 amide bonds. The third-order valence-corrected chi connectivity index (χ3v) is 5.70. The van der Waals surface area contributed by atoms with Crippen molar-refractivity contribution >= 4 is 32.4 Å². The quantitative estimate of drug-likeness (QED) is 0.674. The van der Waals surface area contributed by atoms with Gasteiger partial charge in [-0.1, -0.05) is 27.3 Å². The van der Waals surface area contributed by atoms with Crippen LogP contribution in [-0.2, 0) is 4.74 Å². The Hall–Kier alpha value is -1.09. The van der Waals surface area contributed by atoms with E-state index in [0.717, 1.165) is 55.1 Å². The minimum atomic E-state index is -0.282. The van der Waals surface area contributed by atoms with Crippen LogP contribution in [0.1, 0.15) is 19.3 Å². The first-order valence-electron chi connectivity index (χ1n) is 8.42. The normalized spacial score (nSPS) is 16.3. The Bertz CT molecular complexity index is 691. The van der Waals surface area contributed by atoms with Crippen molar-refractivity contribution in [2.45, 2.75) is 25.3 Å². The lowest BCUT2D eigenvalue weighted by atomic mass is 10.1. The van der Waals surface area contributed by atoms with Gasteiger partial charge in [-0.05, 0) is 37.5 Å². The van der Waals surface area contributed by atoms with Crippen molar-refractivity contribution in [2.24, 2.45) is 0 Å². The maximum Gasteiger partial charge on any atom is 0.206 e. The van der Waals surface area contributed by atoms with E-state index in [1.807, 2.05) is 0 Å². The average molecular weight is 429 g/mol. The van der Waals surface area contributed by atoms with Crippen LogP contribution >= 0.6 is 27.3 Å². The van der Waals surface area contributed by atoms with Gasteiger partial charge in [0.1, 0.15) is 5.82 Å². The van der Waals surface area contributed by atoms with E-state index in [1.165, 1.54) is 17.4 Å². The highest BCUT2D eigenvalue weighted by Crippen LogP contribution is 2.31. The predicted octanol–water partition coefficient (Wildman–Crippen LogP) is 4.02. The summed E-state index contributed by atoms with van der Waals surface area (Å²) < 4.78 is 19.9. The Kier molecular flexibility index (Phi) is 6.75. The van der Waals surface area contributed by atoms with Crippen molar-refractivity contribution in [3.05, 3.63) is 28.5 Å². The molecular formula is C17H22BrFN4OS.